The second-order valence-electron chi connectivity index (χ2n) is 6.70. The molecule has 6 heteroatoms. The van der Waals surface area contributed by atoms with Crippen LogP contribution in [0.5, 0.6) is 11.5 Å². The molecule has 0 aromatic heterocycles. The van der Waals surface area contributed by atoms with Crippen LogP contribution in [0.15, 0.2) is 54.6 Å². The molecule has 0 bridgehead atoms. The molecule has 1 saturated heterocycles. The van der Waals surface area contributed by atoms with Crippen LogP contribution < -0.4 is 9.47 Å². The van der Waals surface area contributed by atoms with Crippen LogP contribution in [0.1, 0.15) is 19.4 Å². The molecule has 28 heavy (non-hydrogen) atoms. The van der Waals surface area contributed by atoms with Crippen molar-refractivity contribution in [3.05, 3.63) is 60.2 Å². The molecule has 0 unspecified atom stereocenters. The summed E-state index contributed by atoms with van der Waals surface area (Å²) in [5.41, 5.74) is 1.02. The Kier molecular flexibility index (Phi) is 6.53. The summed E-state index contributed by atoms with van der Waals surface area (Å²) < 4.78 is 11.2. The van der Waals surface area contributed by atoms with Crippen molar-refractivity contribution in [2.75, 3.05) is 26.3 Å². The van der Waals surface area contributed by atoms with Gasteiger partial charge in [-0.2, -0.15) is 0 Å². The van der Waals surface area contributed by atoms with Gasteiger partial charge in [0.2, 0.25) is 11.8 Å². The van der Waals surface area contributed by atoms with Crippen molar-refractivity contribution in [2.45, 2.75) is 26.4 Å². The number of ether oxygens (including phenoxy) is 2. The SMILES string of the molecule is CCOc1cccc(OCCN2C(=O)CN(Cc3ccccc3)C(=O)[C@@H]2C)c1. The van der Waals surface area contributed by atoms with Gasteiger partial charge in [-0.3, -0.25) is 9.59 Å². The highest BCUT2D eigenvalue weighted by molar-refractivity contribution is 5.94. The van der Waals surface area contributed by atoms with E-state index in [0.29, 0.717) is 32.1 Å². The lowest BCUT2D eigenvalue weighted by atomic mass is 10.1. The fourth-order valence-corrected chi connectivity index (χ4v) is 3.28. The van der Waals surface area contributed by atoms with E-state index < -0.39 is 6.04 Å². The normalized spacial score (nSPS) is 17.0. The third-order valence-corrected chi connectivity index (χ3v) is 4.72. The van der Waals surface area contributed by atoms with Gasteiger partial charge < -0.3 is 19.3 Å². The Balaban J connectivity index is 1.55. The first-order chi connectivity index (χ1) is 13.6. The zero-order valence-electron chi connectivity index (χ0n) is 16.3. The Bertz CT molecular complexity index is 809. The maximum absolute atomic E-state index is 12.7. The lowest BCUT2D eigenvalue weighted by Gasteiger charge is -2.38. The van der Waals surface area contributed by atoms with E-state index in [1.165, 1.54) is 0 Å². The van der Waals surface area contributed by atoms with Crippen LogP contribution in [-0.2, 0) is 16.1 Å². The maximum atomic E-state index is 12.7. The van der Waals surface area contributed by atoms with E-state index in [1.54, 1.807) is 16.7 Å². The number of carbonyl (C=O) groups is 2. The van der Waals surface area contributed by atoms with Crippen LogP contribution in [0.4, 0.5) is 0 Å². The van der Waals surface area contributed by atoms with Crippen LogP contribution >= 0.6 is 0 Å². The average molecular weight is 382 g/mol. The Morgan fingerprint density at radius 1 is 1.00 bits per heavy atom. The summed E-state index contributed by atoms with van der Waals surface area (Å²) in [6.45, 7) is 5.51. The highest BCUT2D eigenvalue weighted by atomic mass is 16.5. The molecule has 1 aliphatic rings. The number of carbonyl (C=O) groups excluding carboxylic acids is 2. The predicted molar refractivity (Wildman–Crippen MR) is 106 cm³/mol. The van der Waals surface area contributed by atoms with Gasteiger partial charge in [0.15, 0.2) is 0 Å². The summed E-state index contributed by atoms with van der Waals surface area (Å²) in [6.07, 6.45) is 0. The molecule has 0 aliphatic carbocycles. The van der Waals surface area contributed by atoms with Gasteiger partial charge >= 0.3 is 0 Å². The summed E-state index contributed by atoms with van der Waals surface area (Å²) in [5.74, 6) is 1.32. The molecule has 148 valence electrons. The van der Waals surface area contributed by atoms with Crippen molar-refractivity contribution in [1.82, 2.24) is 9.80 Å². The standard InChI is InChI=1S/C22H26N2O4/c1-3-27-19-10-7-11-20(14-19)28-13-12-24-17(2)22(26)23(16-21(24)25)15-18-8-5-4-6-9-18/h4-11,14,17H,3,12-13,15-16H2,1-2H3/t17-/m0/s1. The maximum Gasteiger partial charge on any atom is 0.245 e. The molecular formula is C22H26N2O4. The second-order valence-corrected chi connectivity index (χ2v) is 6.70. The zero-order chi connectivity index (χ0) is 19.9. The molecular weight excluding hydrogens is 356 g/mol. The third kappa shape index (κ3) is 4.82. The number of rotatable bonds is 8. The molecule has 0 N–H and O–H groups in total. The van der Waals surface area contributed by atoms with Crippen LogP contribution in [0.25, 0.3) is 0 Å². The molecule has 1 heterocycles. The van der Waals surface area contributed by atoms with Crippen molar-refractivity contribution >= 4 is 11.8 Å². The van der Waals surface area contributed by atoms with Crippen LogP contribution in [0.3, 0.4) is 0 Å². The summed E-state index contributed by atoms with van der Waals surface area (Å²) in [5, 5.41) is 0. The van der Waals surface area contributed by atoms with Gasteiger partial charge in [-0.15, -0.1) is 0 Å². The van der Waals surface area contributed by atoms with E-state index >= 15 is 0 Å². The summed E-state index contributed by atoms with van der Waals surface area (Å²) in [7, 11) is 0. The topological polar surface area (TPSA) is 59.1 Å². The van der Waals surface area contributed by atoms with E-state index in [9.17, 15) is 9.59 Å². The van der Waals surface area contributed by atoms with Crippen molar-refractivity contribution in [3.63, 3.8) is 0 Å². The molecule has 1 fully saturated rings. The fraction of sp³-hybridized carbons (Fsp3) is 0.364. The Hall–Kier alpha value is -3.02. The van der Waals surface area contributed by atoms with Gasteiger partial charge in [0.25, 0.3) is 0 Å². The van der Waals surface area contributed by atoms with Gasteiger partial charge in [0.1, 0.15) is 30.7 Å². The minimum Gasteiger partial charge on any atom is -0.494 e. The number of benzene rings is 2. The predicted octanol–water partition coefficient (Wildman–Crippen LogP) is 2.72. The third-order valence-electron chi connectivity index (χ3n) is 4.72. The van der Waals surface area contributed by atoms with E-state index in [0.717, 1.165) is 11.3 Å². The van der Waals surface area contributed by atoms with Crippen molar-refractivity contribution in [3.8, 4) is 11.5 Å². The molecule has 0 spiro atoms. The smallest absolute Gasteiger partial charge is 0.245 e. The van der Waals surface area contributed by atoms with Crippen molar-refractivity contribution in [2.24, 2.45) is 0 Å². The van der Waals surface area contributed by atoms with E-state index in [4.69, 9.17) is 9.47 Å². The second kappa shape index (κ2) is 9.26. The first-order valence-electron chi connectivity index (χ1n) is 9.56. The quantitative estimate of drug-likeness (QED) is 0.704. The molecule has 2 aromatic carbocycles. The highest BCUT2D eigenvalue weighted by Gasteiger charge is 2.36. The largest absolute Gasteiger partial charge is 0.494 e. The first kappa shape index (κ1) is 19.7. The molecule has 2 aromatic rings. The monoisotopic (exact) mass is 382 g/mol. The van der Waals surface area contributed by atoms with Gasteiger partial charge in [0.05, 0.1) is 13.2 Å². The summed E-state index contributed by atoms with van der Waals surface area (Å²) in [6, 6.07) is 16.6. The minimum absolute atomic E-state index is 0.0400. The lowest BCUT2D eigenvalue weighted by Crippen LogP contribution is -2.59. The minimum atomic E-state index is -0.497. The number of amides is 2. The van der Waals surface area contributed by atoms with Gasteiger partial charge in [0, 0.05) is 12.6 Å². The summed E-state index contributed by atoms with van der Waals surface area (Å²) in [4.78, 5) is 28.5. The number of hydrogen-bond acceptors (Lipinski definition) is 4. The Morgan fingerprint density at radius 2 is 1.71 bits per heavy atom. The van der Waals surface area contributed by atoms with Crippen molar-refractivity contribution < 1.29 is 19.1 Å². The number of piperazine rings is 1. The van der Waals surface area contributed by atoms with Crippen molar-refractivity contribution in [1.29, 1.82) is 0 Å². The molecule has 2 amide bonds. The molecule has 1 atom stereocenters. The number of nitrogens with zero attached hydrogens (tertiary/aromatic N) is 2. The highest BCUT2D eigenvalue weighted by Crippen LogP contribution is 2.20. The average Bonchev–Trinajstić information content (AvgIpc) is 2.70. The molecule has 3 rings (SSSR count). The van der Waals surface area contributed by atoms with Gasteiger partial charge in [-0.25, -0.2) is 0 Å². The number of hydrogen-bond donors (Lipinski definition) is 0. The molecule has 0 radical (unpaired) electrons. The van der Waals surface area contributed by atoms with E-state index in [1.807, 2.05) is 61.5 Å². The van der Waals surface area contributed by atoms with E-state index in [-0.39, 0.29) is 18.4 Å². The Morgan fingerprint density at radius 3 is 2.43 bits per heavy atom. The Labute approximate surface area is 165 Å². The van der Waals surface area contributed by atoms with Gasteiger partial charge in [-0.05, 0) is 31.5 Å². The lowest BCUT2D eigenvalue weighted by molar-refractivity contribution is -0.155. The van der Waals surface area contributed by atoms with Gasteiger partial charge in [-0.1, -0.05) is 36.4 Å². The van der Waals surface area contributed by atoms with E-state index in [2.05, 4.69) is 0 Å². The molecule has 0 saturated carbocycles. The zero-order valence-corrected chi connectivity index (χ0v) is 16.3. The molecule has 1 aliphatic heterocycles. The first-order valence-corrected chi connectivity index (χ1v) is 9.56. The fourth-order valence-electron chi connectivity index (χ4n) is 3.28. The van der Waals surface area contributed by atoms with Crippen LogP contribution in [0.2, 0.25) is 0 Å². The summed E-state index contributed by atoms with van der Waals surface area (Å²) >= 11 is 0. The van der Waals surface area contributed by atoms with Crippen LogP contribution in [-0.4, -0.2) is 54.0 Å². The molecule has 6 nitrogen and oxygen atoms in total. The van der Waals surface area contributed by atoms with Crippen LogP contribution in [0, 0.1) is 0 Å².